The molecule has 0 rings (SSSR count). The van der Waals surface area contributed by atoms with Crippen molar-refractivity contribution in [1.29, 1.82) is 0 Å². The first-order chi connectivity index (χ1) is 5.79. The molecule has 1 atom stereocenters. The monoisotopic (exact) mass is 198 g/mol. The molecule has 0 aliphatic carbocycles. The summed E-state index contributed by atoms with van der Waals surface area (Å²) in [5.74, 6) is 3.57. The molecule has 0 saturated carbocycles. The van der Waals surface area contributed by atoms with Crippen LogP contribution in [0, 0.1) is 18.3 Å². The highest BCUT2D eigenvalue weighted by Gasteiger charge is 2.43. The third-order valence-corrected chi connectivity index (χ3v) is 7.00. The molecule has 0 saturated heterocycles. The summed E-state index contributed by atoms with van der Waals surface area (Å²) in [5, 5.41) is -0.0457. The molecule has 0 radical (unpaired) electrons. The quantitative estimate of drug-likeness (QED) is 0.497. The lowest BCUT2D eigenvalue weighted by Crippen LogP contribution is -2.43. The van der Waals surface area contributed by atoms with E-state index < -0.39 is 8.32 Å². The molecule has 0 bridgehead atoms. The SMILES string of the molecule is C#CC(C)(CC(C)C)[Si](C)(C)OC. The topological polar surface area (TPSA) is 9.23 Å². The second-order valence-corrected chi connectivity index (χ2v) is 9.32. The Morgan fingerprint density at radius 3 is 2.15 bits per heavy atom. The van der Waals surface area contributed by atoms with E-state index >= 15 is 0 Å². The predicted molar refractivity (Wildman–Crippen MR) is 61.1 cm³/mol. The van der Waals surface area contributed by atoms with Gasteiger partial charge >= 0.3 is 0 Å². The van der Waals surface area contributed by atoms with Gasteiger partial charge < -0.3 is 4.43 Å². The van der Waals surface area contributed by atoms with Gasteiger partial charge in [-0.05, 0) is 32.4 Å². The summed E-state index contributed by atoms with van der Waals surface area (Å²) in [7, 11) is 0.0501. The van der Waals surface area contributed by atoms with Gasteiger partial charge in [0.15, 0.2) is 0 Å². The number of terminal acetylenes is 1. The highest BCUT2D eigenvalue weighted by Crippen LogP contribution is 2.42. The molecule has 1 unspecified atom stereocenters. The normalized spacial score (nSPS) is 16.8. The zero-order chi connectivity index (χ0) is 10.7. The largest absolute Gasteiger partial charge is 0.419 e. The molecule has 0 aromatic heterocycles. The Hall–Kier alpha value is -0.263. The predicted octanol–water partition coefficient (Wildman–Crippen LogP) is 3.28. The number of rotatable bonds is 4. The van der Waals surface area contributed by atoms with E-state index in [1.54, 1.807) is 7.11 Å². The van der Waals surface area contributed by atoms with Gasteiger partial charge in [-0.25, -0.2) is 0 Å². The van der Waals surface area contributed by atoms with Crippen molar-refractivity contribution >= 4 is 8.32 Å². The van der Waals surface area contributed by atoms with Gasteiger partial charge in [-0.15, -0.1) is 12.3 Å². The van der Waals surface area contributed by atoms with Gasteiger partial charge in [-0.3, -0.25) is 0 Å². The van der Waals surface area contributed by atoms with E-state index in [0.29, 0.717) is 5.92 Å². The van der Waals surface area contributed by atoms with Crippen LogP contribution in [-0.2, 0) is 4.43 Å². The zero-order valence-electron chi connectivity index (χ0n) is 9.77. The van der Waals surface area contributed by atoms with Crippen molar-refractivity contribution in [3.8, 4) is 12.3 Å². The summed E-state index contributed by atoms with van der Waals surface area (Å²) in [6, 6.07) is 0. The summed E-state index contributed by atoms with van der Waals surface area (Å²) in [6.07, 6.45) is 6.67. The van der Waals surface area contributed by atoms with Crippen molar-refractivity contribution in [3.63, 3.8) is 0 Å². The van der Waals surface area contributed by atoms with Gasteiger partial charge in [-0.2, -0.15) is 0 Å². The van der Waals surface area contributed by atoms with Crippen LogP contribution in [0.5, 0.6) is 0 Å². The molecule has 0 N–H and O–H groups in total. The number of hydrogen-bond donors (Lipinski definition) is 0. The van der Waals surface area contributed by atoms with Gasteiger partial charge in [0.1, 0.15) is 0 Å². The highest BCUT2D eigenvalue weighted by molar-refractivity contribution is 6.75. The summed E-state index contributed by atoms with van der Waals surface area (Å²) >= 11 is 0. The summed E-state index contributed by atoms with van der Waals surface area (Å²) < 4.78 is 5.59. The van der Waals surface area contributed by atoms with Gasteiger partial charge in [0, 0.05) is 12.1 Å². The molecular weight excluding hydrogens is 176 g/mol. The number of hydrogen-bond acceptors (Lipinski definition) is 1. The lowest BCUT2D eigenvalue weighted by Gasteiger charge is -2.38. The Balaban J connectivity index is 4.75. The Morgan fingerprint density at radius 2 is 1.92 bits per heavy atom. The van der Waals surface area contributed by atoms with Crippen LogP contribution in [0.4, 0.5) is 0 Å². The van der Waals surface area contributed by atoms with E-state index in [1.807, 2.05) is 0 Å². The van der Waals surface area contributed by atoms with Crippen LogP contribution in [0.25, 0.3) is 0 Å². The molecule has 0 heterocycles. The van der Waals surface area contributed by atoms with Crippen LogP contribution in [-0.4, -0.2) is 15.4 Å². The maximum absolute atomic E-state index is 5.62. The van der Waals surface area contributed by atoms with Crippen LogP contribution in [0.3, 0.4) is 0 Å². The van der Waals surface area contributed by atoms with Gasteiger partial charge in [0.05, 0.1) is 0 Å². The maximum Gasteiger partial charge on any atom is 0.203 e. The van der Waals surface area contributed by atoms with Crippen LogP contribution in [0.15, 0.2) is 0 Å². The highest BCUT2D eigenvalue weighted by atomic mass is 28.4. The van der Waals surface area contributed by atoms with E-state index in [9.17, 15) is 0 Å². The molecule has 2 heteroatoms. The molecule has 0 spiro atoms. The molecule has 76 valence electrons. The molecular formula is C11H22OSi. The molecule has 0 amide bonds. The molecule has 0 aliphatic rings. The van der Waals surface area contributed by atoms with Crippen LogP contribution < -0.4 is 0 Å². The fourth-order valence-corrected chi connectivity index (χ4v) is 3.22. The molecule has 13 heavy (non-hydrogen) atoms. The lowest BCUT2D eigenvalue weighted by molar-refractivity contribution is 0.361. The van der Waals surface area contributed by atoms with Gasteiger partial charge in [0.2, 0.25) is 8.32 Å². The summed E-state index contributed by atoms with van der Waals surface area (Å²) in [5.41, 5.74) is 0. The fourth-order valence-electron chi connectivity index (χ4n) is 1.52. The van der Waals surface area contributed by atoms with E-state index in [-0.39, 0.29) is 5.04 Å². The van der Waals surface area contributed by atoms with Gasteiger partial charge in [-0.1, -0.05) is 13.8 Å². The third-order valence-electron chi connectivity index (χ3n) is 2.97. The maximum atomic E-state index is 5.62. The minimum Gasteiger partial charge on any atom is -0.419 e. The smallest absolute Gasteiger partial charge is 0.203 e. The van der Waals surface area contributed by atoms with Crippen LogP contribution >= 0.6 is 0 Å². The van der Waals surface area contributed by atoms with Crippen molar-refractivity contribution in [1.82, 2.24) is 0 Å². The summed E-state index contributed by atoms with van der Waals surface area (Å²) in [6.45, 7) is 10.9. The molecule has 1 nitrogen and oxygen atoms in total. The molecule has 0 fully saturated rings. The van der Waals surface area contributed by atoms with E-state index in [2.05, 4.69) is 39.8 Å². The van der Waals surface area contributed by atoms with Crippen molar-refractivity contribution in [2.24, 2.45) is 5.92 Å². The molecule has 0 aromatic rings. The third kappa shape index (κ3) is 2.86. The van der Waals surface area contributed by atoms with Crippen molar-refractivity contribution in [2.75, 3.05) is 7.11 Å². The second-order valence-electron chi connectivity index (χ2n) is 4.79. The summed E-state index contributed by atoms with van der Waals surface area (Å²) in [4.78, 5) is 0. The van der Waals surface area contributed by atoms with Crippen LogP contribution in [0.1, 0.15) is 27.2 Å². The van der Waals surface area contributed by atoms with Crippen LogP contribution in [0.2, 0.25) is 18.1 Å². The van der Waals surface area contributed by atoms with E-state index in [4.69, 9.17) is 10.8 Å². The average Bonchev–Trinajstić information content (AvgIpc) is 2.02. The molecule has 0 aromatic carbocycles. The van der Waals surface area contributed by atoms with Gasteiger partial charge in [0.25, 0.3) is 0 Å². The Bertz CT molecular complexity index is 203. The lowest BCUT2D eigenvalue weighted by atomic mass is 9.99. The van der Waals surface area contributed by atoms with Crippen molar-refractivity contribution < 1.29 is 4.43 Å². The first-order valence-electron chi connectivity index (χ1n) is 4.82. The standard InChI is InChI=1S/C11H22OSi/c1-8-11(4,9-10(2)3)13(6,7)12-5/h1,10H,9H2,2-7H3. The first kappa shape index (κ1) is 12.7. The first-order valence-corrected chi connectivity index (χ1v) is 7.73. The Labute approximate surface area is 84.0 Å². The fraction of sp³-hybridized carbons (Fsp3) is 0.818. The Kier molecular flexibility index (Phi) is 4.21. The van der Waals surface area contributed by atoms with Crippen molar-refractivity contribution in [2.45, 2.75) is 45.3 Å². The second kappa shape index (κ2) is 4.30. The minimum atomic E-state index is -1.73. The minimum absolute atomic E-state index is 0.0457. The average molecular weight is 198 g/mol. The zero-order valence-corrected chi connectivity index (χ0v) is 10.8. The van der Waals surface area contributed by atoms with E-state index in [1.165, 1.54) is 0 Å². The van der Waals surface area contributed by atoms with Crippen molar-refractivity contribution in [3.05, 3.63) is 0 Å². The molecule has 0 aliphatic heterocycles. The Morgan fingerprint density at radius 1 is 1.46 bits per heavy atom. The van der Waals surface area contributed by atoms with E-state index in [0.717, 1.165) is 6.42 Å².